The van der Waals surface area contributed by atoms with Crippen LogP contribution in [0.2, 0.25) is 0 Å². The lowest BCUT2D eigenvalue weighted by molar-refractivity contribution is -0.142. The van der Waals surface area contributed by atoms with Crippen LogP contribution in [0.5, 0.6) is 0 Å². The van der Waals surface area contributed by atoms with Crippen molar-refractivity contribution in [2.75, 3.05) is 0 Å². The average Bonchev–Trinajstić information content (AvgIpc) is 2.97. The Morgan fingerprint density at radius 2 is 1.70 bits per heavy atom. The van der Waals surface area contributed by atoms with Crippen LogP contribution < -0.4 is 0 Å². The minimum atomic E-state index is -4.87. The quantitative estimate of drug-likeness (QED) is 0.617. The van der Waals surface area contributed by atoms with Crippen molar-refractivity contribution in [3.05, 3.63) is 54.2 Å². The van der Waals surface area contributed by atoms with E-state index in [9.17, 15) is 26.3 Å². The molecule has 0 atom stereocenters. The van der Waals surface area contributed by atoms with Gasteiger partial charge in [-0.05, 0) is 12.1 Å². The van der Waals surface area contributed by atoms with E-state index in [0.717, 1.165) is 6.07 Å². The Balaban J connectivity index is 2.43. The summed E-state index contributed by atoms with van der Waals surface area (Å²) in [7, 11) is 0. The van der Waals surface area contributed by atoms with Gasteiger partial charge in [0.05, 0.1) is 23.1 Å². The maximum Gasteiger partial charge on any atom is 0.433 e. The Labute approximate surface area is 125 Å². The molecule has 0 bridgehead atoms. The van der Waals surface area contributed by atoms with Crippen LogP contribution in [0.3, 0.4) is 0 Å². The fourth-order valence-corrected chi connectivity index (χ4v) is 2.22. The van der Waals surface area contributed by atoms with E-state index < -0.39 is 29.1 Å². The molecule has 0 aliphatic carbocycles. The third kappa shape index (κ3) is 2.73. The van der Waals surface area contributed by atoms with Crippen LogP contribution >= 0.6 is 0 Å². The molecule has 0 aliphatic heterocycles. The van der Waals surface area contributed by atoms with Crippen LogP contribution in [0.25, 0.3) is 16.6 Å². The number of halogens is 6. The maximum absolute atomic E-state index is 13.1. The SMILES string of the molecule is FC(F)(F)c1cc(-n2ccnc2)c2cccc(C(F)(F)F)c2n1. The third-order valence-corrected chi connectivity index (χ3v) is 3.20. The molecule has 0 saturated carbocycles. The number of para-hydroxylation sites is 1. The zero-order chi connectivity index (χ0) is 16.8. The summed E-state index contributed by atoms with van der Waals surface area (Å²) in [5.74, 6) is 0. The van der Waals surface area contributed by atoms with Crippen LogP contribution in [0.4, 0.5) is 26.3 Å². The van der Waals surface area contributed by atoms with E-state index in [4.69, 9.17) is 0 Å². The standard InChI is InChI=1S/C14H7F6N3/c15-13(16,17)9-3-1-2-8-10(23-5-4-21-7-23)6-11(14(18,19)20)22-12(8)9/h1-7H. The highest BCUT2D eigenvalue weighted by Crippen LogP contribution is 2.38. The average molecular weight is 331 g/mol. The second-order valence-corrected chi connectivity index (χ2v) is 4.69. The van der Waals surface area contributed by atoms with E-state index in [0.29, 0.717) is 12.1 Å². The van der Waals surface area contributed by atoms with Crippen LogP contribution in [0.15, 0.2) is 43.0 Å². The van der Waals surface area contributed by atoms with E-state index in [1.807, 2.05) is 0 Å². The molecule has 120 valence electrons. The lowest BCUT2D eigenvalue weighted by atomic mass is 10.1. The van der Waals surface area contributed by atoms with Crippen LogP contribution in [0.1, 0.15) is 11.3 Å². The van der Waals surface area contributed by atoms with Crippen LogP contribution in [-0.4, -0.2) is 14.5 Å². The summed E-state index contributed by atoms with van der Waals surface area (Å²) in [4.78, 5) is 6.91. The molecule has 0 amide bonds. The highest BCUT2D eigenvalue weighted by Gasteiger charge is 2.37. The van der Waals surface area contributed by atoms with Gasteiger partial charge in [0.25, 0.3) is 0 Å². The van der Waals surface area contributed by atoms with Crippen molar-refractivity contribution < 1.29 is 26.3 Å². The first-order chi connectivity index (χ1) is 10.7. The Bertz CT molecular complexity index is 849. The fraction of sp³-hybridized carbons (Fsp3) is 0.143. The van der Waals surface area contributed by atoms with Crippen LogP contribution in [-0.2, 0) is 12.4 Å². The molecule has 0 spiro atoms. The lowest BCUT2D eigenvalue weighted by Gasteiger charge is -2.15. The van der Waals surface area contributed by atoms with Gasteiger partial charge in [0.2, 0.25) is 0 Å². The van der Waals surface area contributed by atoms with Gasteiger partial charge in [-0.1, -0.05) is 12.1 Å². The molecule has 0 radical (unpaired) electrons. The minimum absolute atomic E-state index is 0.0502. The number of hydrogen-bond donors (Lipinski definition) is 0. The maximum atomic E-state index is 13.1. The van der Waals surface area contributed by atoms with E-state index in [1.54, 1.807) is 0 Å². The molecule has 2 heterocycles. The molecule has 0 fully saturated rings. The molecule has 3 aromatic rings. The molecule has 3 nitrogen and oxygen atoms in total. The molecule has 0 aliphatic rings. The lowest BCUT2D eigenvalue weighted by Crippen LogP contribution is -2.13. The Morgan fingerprint density at radius 1 is 0.957 bits per heavy atom. The Kier molecular flexibility index (Phi) is 3.31. The smallest absolute Gasteiger partial charge is 0.306 e. The van der Waals surface area contributed by atoms with E-state index >= 15 is 0 Å². The summed E-state index contributed by atoms with van der Waals surface area (Å²) >= 11 is 0. The predicted molar refractivity (Wildman–Crippen MR) is 68.9 cm³/mol. The van der Waals surface area contributed by atoms with E-state index in [2.05, 4.69) is 9.97 Å². The number of rotatable bonds is 1. The minimum Gasteiger partial charge on any atom is -0.306 e. The number of aromatic nitrogens is 3. The summed E-state index contributed by atoms with van der Waals surface area (Å²) in [6, 6.07) is 3.81. The summed E-state index contributed by atoms with van der Waals surface area (Å²) < 4.78 is 79.4. The summed E-state index contributed by atoms with van der Waals surface area (Å²) in [5.41, 5.74) is -3.45. The van der Waals surface area contributed by atoms with Gasteiger partial charge in [0.15, 0.2) is 0 Å². The number of alkyl halides is 6. The normalized spacial score (nSPS) is 12.8. The number of hydrogen-bond acceptors (Lipinski definition) is 2. The van der Waals surface area contributed by atoms with Gasteiger partial charge >= 0.3 is 12.4 Å². The molecular formula is C14H7F6N3. The van der Waals surface area contributed by atoms with Crippen molar-refractivity contribution in [2.45, 2.75) is 12.4 Å². The molecule has 1 aromatic carbocycles. The molecule has 0 N–H and O–H groups in total. The molecular weight excluding hydrogens is 324 g/mol. The highest BCUT2D eigenvalue weighted by atomic mass is 19.4. The van der Waals surface area contributed by atoms with Gasteiger partial charge in [-0.15, -0.1) is 0 Å². The predicted octanol–water partition coefficient (Wildman–Crippen LogP) is 4.46. The first-order valence-electron chi connectivity index (χ1n) is 6.24. The fourth-order valence-electron chi connectivity index (χ4n) is 2.22. The van der Waals surface area contributed by atoms with Gasteiger partial charge in [-0.2, -0.15) is 26.3 Å². The number of nitrogens with zero attached hydrogens (tertiary/aromatic N) is 3. The van der Waals surface area contributed by atoms with Gasteiger partial charge < -0.3 is 4.57 Å². The monoisotopic (exact) mass is 331 g/mol. The summed E-state index contributed by atoms with van der Waals surface area (Å²) in [6.07, 6.45) is -5.83. The number of benzene rings is 1. The van der Waals surface area contributed by atoms with E-state index in [-0.39, 0.29) is 11.1 Å². The first kappa shape index (κ1) is 15.3. The Morgan fingerprint density at radius 3 is 2.26 bits per heavy atom. The molecule has 3 rings (SSSR count). The first-order valence-corrected chi connectivity index (χ1v) is 6.24. The molecule has 23 heavy (non-hydrogen) atoms. The summed E-state index contributed by atoms with van der Waals surface area (Å²) in [5, 5.41) is -0.0502. The second kappa shape index (κ2) is 4.97. The largest absolute Gasteiger partial charge is 0.433 e. The number of imidazole rings is 1. The van der Waals surface area contributed by atoms with Crippen molar-refractivity contribution in [2.24, 2.45) is 0 Å². The Hall–Kier alpha value is -2.58. The van der Waals surface area contributed by atoms with Gasteiger partial charge in [0.1, 0.15) is 5.69 Å². The zero-order valence-electron chi connectivity index (χ0n) is 11.2. The van der Waals surface area contributed by atoms with Crippen molar-refractivity contribution in [1.29, 1.82) is 0 Å². The summed E-state index contributed by atoms with van der Waals surface area (Å²) in [6.45, 7) is 0. The van der Waals surface area contributed by atoms with Crippen molar-refractivity contribution in [3.8, 4) is 5.69 Å². The van der Waals surface area contributed by atoms with Crippen molar-refractivity contribution in [3.63, 3.8) is 0 Å². The van der Waals surface area contributed by atoms with Crippen LogP contribution in [0, 0.1) is 0 Å². The molecule has 0 saturated heterocycles. The third-order valence-electron chi connectivity index (χ3n) is 3.20. The van der Waals surface area contributed by atoms with Gasteiger partial charge in [0, 0.05) is 17.8 Å². The molecule has 9 heteroatoms. The molecule has 2 aromatic heterocycles. The second-order valence-electron chi connectivity index (χ2n) is 4.69. The van der Waals surface area contributed by atoms with E-state index in [1.165, 1.54) is 29.4 Å². The molecule has 0 unspecified atom stereocenters. The van der Waals surface area contributed by atoms with Crippen molar-refractivity contribution >= 4 is 10.9 Å². The number of fused-ring (bicyclic) bond motifs is 1. The van der Waals surface area contributed by atoms with Crippen molar-refractivity contribution in [1.82, 2.24) is 14.5 Å². The van der Waals surface area contributed by atoms with Gasteiger partial charge in [-0.3, -0.25) is 0 Å². The highest BCUT2D eigenvalue weighted by molar-refractivity contribution is 5.90. The number of pyridine rings is 1. The zero-order valence-corrected chi connectivity index (χ0v) is 11.2. The van der Waals surface area contributed by atoms with Gasteiger partial charge in [-0.25, -0.2) is 9.97 Å². The topological polar surface area (TPSA) is 30.7 Å².